The van der Waals surface area contributed by atoms with E-state index in [-0.39, 0.29) is 6.61 Å². The first-order valence-electron chi connectivity index (χ1n) is 6.12. The summed E-state index contributed by atoms with van der Waals surface area (Å²) in [5, 5.41) is 2.72. The first-order chi connectivity index (χ1) is 9.63. The number of hydrogen-bond donors (Lipinski definition) is 1. The molecular formula is C13H15F6NO. The quantitative estimate of drug-likeness (QED) is 0.634. The van der Waals surface area contributed by atoms with E-state index in [1.165, 1.54) is 19.2 Å². The van der Waals surface area contributed by atoms with Crippen LogP contribution >= 0.6 is 0 Å². The Morgan fingerprint density at radius 3 is 2.33 bits per heavy atom. The van der Waals surface area contributed by atoms with Gasteiger partial charge in [-0.2, -0.15) is 26.3 Å². The molecule has 1 unspecified atom stereocenters. The molecule has 0 saturated carbocycles. The van der Waals surface area contributed by atoms with Crippen LogP contribution in [0.25, 0.3) is 0 Å². The summed E-state index contributed by atoms with van der Waals surface area (Å²) in [5.74, 6) is 0. The fourth-order valence-electron chi connectivity index (χ4n) is 1.67. The van der Waals surface area contributed by atoms with Crippen LogP contribution in [0.5, 0.6) is 0 Å². The zero-order valence-corrected chi connectivity index (χ0v) is 11.2. The lowest BCUT2D eigenvalue weighted by Gasteiger charge is -2.18. The molecule has 0 spiro atoms. The van der Waals surface area contributed by atoms with Gasteiger partial charge in [0.25, 0.3) is 0 Å². The maximum absolute atomic E-state index is 12.6. The van der Waals surface area contributed by atoms with E-state index in [1.54, 1.807) is 0 Å². The molecule has 0 radical (unpaired) electrons. The first kappa shape index (κ1) is 17.8. The lowest BCUT2D eigenvalue weighted by atomic mass is 10.0. The Morgan fingerprint density at radius 1 is 1.14 bits per heavy atom. The van der Waals surface area contributed by atoms with Gasteiger partial charge in [0.1, 0.15) is 0 Å². The van der Waals surface area contributed by atoms with Crippen molar-refractivity contribution >= 4 is 0 Å². The van der Waals surface area contributed by atoms with Crippen LogP contribution in [0.15, 0.2) is 24.3 Å². The predicted octanol–water partition coefficient (Wildman–Crippen LogP) is 3.93. The van der Waals surface area contributed by atoms with Crippen LogP contribution in [0.3, 0.4) is 0 Å². The number of halogens is 6. The summed E-state index contributed by atoms with van der Waals surface area (Å²) in [4.78, 5) is 0. The highest BCUT2D eigenvalue weighted by Crippen LogP contribution is 2.30. The lowest BCUT2D eigenvalue weighted by Crippen LogP contribution is -2.23. The number of rotatable bonds is 6. The summed E-state index contributed by atoms with van der Waals surface area (Å²) in [6.45, 7) is -0.672. The SMILES string of the molecule is CNC(COCCC(F)(F)F)c1cccc(C(F)(F)F)c1. The summed E-state index contributed by atoms with van der Waals surface area (Å²) in [6.07, 6.45) is -9.87. The second-order valence-corrected chi connectivity index (χ2v) is 4.40. The van der Waals surface area contributed by atoms with Gasteiger partial charge in [-0.05, 0) is 24.7 Å². The number of ether oxygens (including phenoxy) is 1. The highest BCUT2D eigenvalue weighted by Gasteiger charge is 2.31. The highest BCUT2D eigenvalue weighted by molar-refractivity contribution is 5.28. The first-order valence-corrected chi connectivity index (χ1v) is 6.12. The number of alkyl halides is 6. The molecule has 21 heavy (non-hydrogen) atoms. The lowest BCUT2D eigenvalue weighted by molar-refractivity contribution is -0.145. The highest BCUT2D eigenvalue weighted by atomic mass is 19.4. The Kier molecular flexibility index (Phi) is 6.03. The standard InChI is InChI=1S/C13H15F6NO/c1-20-11(8-21-6-5-12(14,15)16)9-3-2-4-10(7-9)13(17,18)19/h2-4,7,11,20H,5-6,8H2,1H3. The molecule has 0 aliphatic heterocycles. The van der Waals surface area contributed by atoms with E-state index >= 15 is 0 Å². The van der Waals surface area contributed by atoms with Crippen molar-refractivity contribution in [2.45, 2.75) is 24.8 Å². The van der Waals surface area contributed by atoms with Crippen LogP contribution in [0, 0.1) is 0 Å². The van der Waals surface area contributed by atoms with Crippen molar-refractivity contribution in [2.24, 2.45) is 0 Å². The molecule has 0 amide bonds. The molecule has 0 bridgehead atoms. The second kappa shape index (κ2) is 7.13. The molecule has 120 valence electrons. The van der Waals surface area contributed by atoms with Gasteiger partial charge in [0.15, 0.2) is 0 Å². The number of likely N-dealkylation sites (N-methyl/N-ethyl adjacent to an activating group) is 1. The molecule has 2 nitrogen and oxygen atoms in total. The zero-order valence-electron chi connectivity index (χ0n) is 11.2. The summed E-state index contributed by atoms with van der Waals surface area (Å²) in [7, 11) is 1.50. The Labute approximate surface area is 118 Å². The molecule has 0 fully saturated rings. The maximum Gasteiger partial charge on any atom is 0.416 e. The molecular weight excluding hydrogens is 300 g/mol. The van der Waals surface area contributed by atoms with Gasteiger partial charge in [0.2, 0.25) is 0 Å². The van der Waals surface area contributed by atoms with Crippen LogP contribution in [-0.2, 0) is 10.9 Å². The fraction of sp³-hybridized carbons (Fsp3) is 0.538. The van der Waals surface area contributed by atoms with Crippen LogP contribution < -0.4 is 5.32 Å². The van der Waals surface area contributed by atoms with E-state index in [4.69, 9.17) is 4.74 Å². The van der Waals surface area contributed by atoms with Gasteiger partial charge < -0.3 is 10.1 Å². The van der Waals surface area contributed by atoms with E-state index in [0.717, 1.165) is 12.1 Å². The molecule has 0 aliphatic carbocycles. The summed E-state index contributed by atoms with van der Waals surface area (Å²) >= 11 is 0. The van der Waals surface area contributed by atoms with Gasteiger partial charge in [0.05, 0.1) is 31.2 Å². The topological polar surface area (TPSA) is 21.3 Å². The molecule has 0 saturated heterocycles. The number of hydrogen-bond acceptors (Lipinski definition) is 2. The second-order valence-electron chi connectivity index (χ2n) is 4.40. The minimum absolute atomic E-state index is 0.145. The van der Waals surface area contributed by atoms with Crippen LogP contribution in [0.4, 0.5) is 26.3 Å². The molecule has 0 heterocycles. The number of benzene rings is 1. The van der Waals surface area contributed by atoms with Crippen molar-refractivity contribution in [1.82, 2.24) is 5.32 Å². The van der Waals surface area contributed by atoms with Gasteiger partial charge in [0, 0.05) is 0 Å². The Bertz CT molecular complexity index is 443. The van der Waals surface area contributed by atoms with Gasteiger partial charge in [-0.1, -0.05) is 12.1 Å². The molecule has 1 N–H and O–H groups in total. The van der Waals surface area contributed by atoms with E-state index < -0.39 is 37.0 Å². The smallest absolute Gasteiger partial charge is 0.379 e. The van der Waals surface area contributed by atoms with Crippen molar-refractivity contribution in [1.29, 1.82) is 0 Å². The summed E-state index contributed by atoms with van der Waals surface area (Å²) in [6, 6.07) is 3.98. The summed E-state index contributed by atoms with van der Waals surface area (Å²) in [5.41, 5.74) is -0.505. The average molecular weight is 315 g/mol. The van der Waals surface area contributed by atoms with Gasteiger partial charge in [-0.15, -0.1) is 0 Å². The third kappa shape index (κ3) is 6.34. The molecule has 1 aromatic carbocycles. The van der Waals surface area contributed by atoms with Crippen LogP contribution in [0.2, 0.25) is 0 Å². The minimum Gasteiger partial charge on any atom is -0.379 e. The molecule has 1 rings (SSSR count). The Balaban J connectivity index is 2.64. The maximum atomic E-state index is 12.6. The average Bonchev–Trinajstić information content (AvgIpc) is 2.37. The van der Waals surface area contributed by atoms with Crippen molar-refractivity contribution in [3.63, 3.8) is 0 Å². The van der Waals surface area contributed by atoms with E-state index in [9.17, 15) is 26.3 Å². The minimum atomic E-state index is -4.47. The van der Waals surface area contributed by atoms with Crippen LogP contribution in [0.1, 0.15) is 23.6 Å². The Hall–Kier alpha value is -1.28. The molecule has 0 aromatic heterocycles. The monoisotopic (exact) mass is 315 g/mol. The van der Waals surface area contributed by atoms with Gasteiger partial charge in [-0.25, -0.2) is 0 Å². The third-order valence-electron chi connectivity index (χ3n) is 2.78. The molecule has 1 aromatic rings. The molecule has 0 aliphatic rings. The number of nitrogens with one attached hydrogen (secondary N) is 1. The van der Waals surface area contributed by atoms with E-state index in [2.05, 4.69) is 5.32 Å². The van der Waals surface area contributed by atoms with Crippen molar-refractivity contribution in [3.05, 3.63) is 35.4 Å². The third-order valence-corrected chi connectivity index (χ3v) is 2.78. The van der Waals surface area contributed by atoms with Crippen LogP contribution in [-0.4, -0.2) is 26.4 Å². The zero-order chi connectivity index (χ0) is 16.1. The van der Waals surface area contributed by atoms with Crippen molar-refractivity contribution in [2.75, 3.05) is 20.3 Å². The van der Waals surface area contributed by atoms with Crippen molar-refractivity contribution < 1.29 is 31.1 Å². The normalized spacial score (nSPS) is 14.2. The molecule has 8 heteroatoms. The largest absolute Gasteiger partial charge is 0.416 e. The fourth-order valence-corrected chi connectivity index (χ4v) is 1.67. The van der Waals surface area contributed by atoms with Gasteiger partial charge in [-0.3, -0.25) is 0 Å². The van der Waals surface area contributed by atoms with Crippen molar-refractivity contribution in [3.8, 4) is 0 Å². The Morgan fingerprint density at radius 2 is 1.81 bits per heavy atom. The molecule has 1 atom stereocenters. The summed E-state index contributed by atoms with van der Waals surface area (Å²) < 4.78 is 78.5. The van der Waals surface area contributed by atoms with E-state index in [0.29, 0.717) is 5.56 Å². The van der Waals surface area contributed by atoms with E-state index in [1.807, 2.05) is 0 Å². The predicted molar refractivity (Wildman–Crippen MR) is 64.7 cm³/mol. The van der Waals surface area contributed by atoms with Gasteiger partial charge >= 0.3 is 12.4 Å².